The maximum atomic E-state index is 12.0. The van der Waals surface area contributed by atoms with E-state index in [9.17, 15) is 18.4 Å². The first-order chi connectivity index (χ1) is 11.4. The SMILES string of the molecule is O=C(CSc1ccc(Cl)cc1)NC(=O)c1ccc(OC(F)F)cc1. The average molecular weight is 372 g/mol. The summed E-state index contributed by atoms with van der Waals surface area (Å²) < 4.78 is 28.3. The second-order valence-electron chi connectivity index (χ2n) is 4.52. The van der Waals surface area contributed by atoms with Gasteiger partial charge in [0.05, 0.1) is 5.75 Å². The summed E-state index contributed by atoms with van der Waals surface area (Å²) in [5, 5.41) is 2.82. The lowest BCUT2D eigenvalue weighted by Gasteiger charge is -2.06. The molecule has 0 bridgehead atoms. The summed E-state index contributed by atoms with van der Waals surface area (Å²) in [6.45, 7) is -2.93. The number of hydrogen-bond acceptors (Lipinski definition) is 4. The van der Waals surface area contributed by atoms with E-state index in [4.69, 9.17) is 11.6 Å². The molecule has 0 saturated carbocycles. The van der Waals surface area contributed by atoms with E-state index in [1.165, 1.54) is 36.0 Å². The monoisotopic (exact) mass is 371 g/mol. The van der Waals surface area contributed by atoms with E-state index in [-0.39, 0.29) is 17.1 Å². The third-order valence-corrected chi connectivity index (χ3v) is 4.04. The van der Waals surface area contributed by atoms with Crippen LogP contribution in [0, 0.1) is 0 Å². The van der Waals surface area contributed by atoms with Crippen LogP contribution < -0.4 is 10.1 Å². The molecule has 0 heterocycles. The predicted octanol–water partition coefficient (Wildman–Crippen LogP) is 3.99. The fourth-order valence-electron chi connectivity index (χ4n) is 1.70. The van der Waals surface area contributed by atoms with Gasteiger partial charge in [0.15, 0.2) is 0 Å². The number of carbonyl (C=O) groups excluding carboxylic acids is 2. The molecule has 0 radical (unpaired) electrons. The lowest BCUT2D eigenvalue weighted by molar-refractivity contribution is -0.117. The summed E-state index contributed by atoms with van der Waals surface area (Å²) in [6, 6.07) is 12.0. The summed E-state index contributed by atoms with van der Waals surface area (Å²) in [7, 11) is 0. The molecule has 2 aromatic carbocycles. The Morgan fingerprint density at radius 1 is 1.08 bits per heavy atom. The highest BCUT2D eigenvalue weighted by Crippen LogP contribution is 2.20. The van der Waals surface area contributed by atoms with Gasteiger partial charge in [-0.1, -0.05) is 11.6 Å². The number of nitrogens with one attached hydrogen (secondary N) is 1. The topological polar surface area (TPSA) is 55.4 Å². The van der Waals surface area contributed by atoms with Gasteiger partial charge in [0.1, 0.15) is 5.75 Å². The molecule has 0 fully saturated rings. The lowest BCUT2D eigenvalue weighted by atomic mass is 10.2. The smallest absolute Gasteiger partial charge is 0.387 e. The molecule has 0 atom stereocenters. The molecular formula is C16H12ClF2NO3S. The maximum absolute atomic E-state index is 12.0. The van der Waals surface area contributed by atoms with Gasteiger partial charge in [-0.15, -0.1) is 11.8 Å². The summed E-state index contributed by atoms with van der Waals surface area (Å²) in [5.74, 6) is -1.08. The highest BCUT2D eigenvalue weighted by molar-refractivity contribution is 8.00. The Bertz CT molecular complexity index is 708. The van der Waals surface area contributed by atoms with Gasteiger partial charge in [-0.25, -0.2) is 0 Å². The quantitative estimate of drug-likeness (QED) is 0.780. The molecule has 2 rings (SSSR count). The van der Waals surface area contributed by atoms with Gasteiger partial charge >= 0.3 is 6.61 Å². The van der Waals surface area contributed by atoms with Crippen LogP contribution >= 0.6 is 23.4 Å². The van der Waals surface area contributed by atoms with Crippen LogP contribution in [0.5, 0.6) is 5.75 Å². The van der Waals surface area contributed by atoms with Crippen molar-refractivity contribution in [1.82, 2.24) is 5.32 Å². The van der Waals surface area contributed by atoms with Crippen molar-refractivity contribution in [3.8, 4) is 5.75 Å². The highest BCUT2D eigenvalue weighted by atomic mass is 35.5. The molecule has 0 aliphatic carbocycles. The minimum Gasteiger partial charge on any atom is -0.435 e. The van der Waals surface area contributed by atoms with Crippen LogP contribution in [0.2, 0.25) is 5.02 Å². The van der Waals surface area contributed by atoms with Gasteiger partial charge in [-0.3, -0.25) is 14.9 Å². The maximum Gasteiger partial charge on any atom is 0.387 e. The molecule has 0 aromatic heterocycles. The molecule has 24 heavy (non-hydrogen) atoms. The zero-order valence-corrected chi connectivity index (χ0v) is 13.7. The second kappa shape index (κ2) is 8.65. The summed E-state index contributed by atoms with van der Waals surface area (Å²) in [5.41, 5.74) is 0.168. The number of amides is 2. The number of imide groups is 1. The molecule has 126 valence electrons. The third-order valence-electron chi connectivity index (χ3n) is 2.78. The zero-order valence-electron chi connectivity index (χ0n) is 12.2. The van der Waals surface area contributed by atoms with Crippen molar-refractivity contribution >= 4 is 35.2 Å². The molecule has 0 spiro atoms. The van der Waals surface area contributed by atoms with Crippen molar-refractivity contribution in [2.75, 3.05) is 5.75 Å². The molecule has 0 aliphatic heterocycles. The van der Waals surface area contributed by atoms with Crippen LogP contribution in [0.25, 0.3) is 0 Å². The van der Waals surface area contributed by atoms with Crippen molar-refractivity contribution < 1.29 is 23.1 Å². The predicted molar refractivity (Wildman–Crippen MR) is 87.7 cm³/mol. The average Bonchev–Trinajstić information content (AvgIpc) is 2.54. The van der Waals surface area contributed by atoms with Crippen LogP contribution in [0.15, 0.2) is 53.4 Å². The van der Waals surface area contributed by atoms with Gasteiger partial charge in [0, 0.05) is 15.5 Å². The molecule has 2 aromatic rings. The Balaban J connectivity index is 1.84. The molecular weight excluding hydrogens is 360 g/mol. The number of hydrogen-bond donors (Lipinski definition) is 1. The van der Waals surface area contributed by atoms with Crippen molar-refractivity contribution in [1.29, 1.82) is 0 Å². The normalized spacial score (nSPS) is 10.5. The number of rotatable bonds is 6. The highest BCUT2D eigenvalue weighted by Gasteiger charge is 2.12. The number of alkyl halides is 2. The Hall–Kier alpha value is -2.12. The first-order valence-corrected chi connectivity index (χ1v) is 8.08. The van der Waals surface area contributed by atoms with Crippen LogP contribution in [0.4, 0.5) is 8.78 Å². The summed E-state index contributed by atoms with van der Waals surface area (Å²) in [4.78, 5) is 24.5. The summed E-state index contributed by atoms with van der Waals surface area (Å²) in [6.07, 6.45) is 0. The van der Waals surface area contributed by atoms with Crippen LogP contribution in [-0.4, -0.2) is 24.2 Å². The second-order valence-corrected chi connectivity index (χ2v) is 6.01. The fraction of sp³-hybridized carbons (Fsp3) is 0.125. The lowest BCUT2D eigenvalue weighted by Crippen LogP contribution is -2.31. The minimum absolute atomic E-state index is 0.0555. The van der Waals surface area contributed by atoms with Crippen LogP contribution in [-0.2, 0) is 4.79 Å². The zero-order chi connectivity index (χ0) is 17.5. The molecule has 1 N–H and O–H groups in total. The first kappa shape index (κ1) is 18.2. The van der Waals surface area contributed by atoms with Gasteiger partial charge in [0.2, 0.25) is 5.91 Å². The molecule has 8 heteroatoms. The standard InChI is InChI=1S/C16H12ClF2NO3S/c17-11-3-7-13(8-4-11)24-9-14(21)20-15(22)10-1-5-12(6-2-10)23-16(18)19/h1-8,16H,9H2,(H,20,21,22). The molecule has 2 amide bonds. The first-order valence-electron chi connectivity index (χ1n) is 6.71. The van der Waals surface area contributed by atoms with E-state index >= 15 is 0 Å². The number of benzene rings is 2. The van der Waals surface area contributed by atoms with Gasteiger partial charge in [0.25, 0.3) is 5.91 Å². The molecule has 0 saturated heterocycles. The van der Waals surface area contributed by atoms with E-state index in [0.29, 0.717) is 5.02 Å². The Labute approximate surface area is 146 Å². The van der Waals surface area contributed by atoms with E-state index in [0.717, 1.165) is 4.90 Å². The van der Waals surface area contributed by atoms with E-state index in [1.54, 1.807) is 24.3 Å². The molecule has 4 nitrogen and oxygen atoms in total. The largest absolute Gasteiger partial charge is 0.435 e. The van der Waals surface area contributed by atoms with E-state index in [2.05, 4.69) is 10.1 Å². The van der Waals surface area contributed by atoms with E-state index < -0.39 is 18.4 Å². The van der Waals surface area contributed by atoms with Gasteiger partial charge in [-0.2, -0.15) is 8.78 Å². The summed E-state index contributed by atoms with van der Waals surface area (Å²) >= 11 is 7.02. The number of ether oxygens (including phenoxy) is 1. The van der Waals surface area contributed by atoms with Crippen LogP contribution in [0.3, 0.4) is 0 Å². The molecule has 0 aliphatic rings. The fourth-order valence-corrected chi connectivity index (χ4v) is 2.53. The van der Waals surface area contributed by atoms with Gasteiger partial charge in [-0.05, 0) is 48.5 Å². The van der Waals surface area contributed by atoms with Crippen molar-refractivity contribution in [3.05, 3.63) is 59.1 Å². The number of halogens is 3. The van der Waals surface area contributed by atoms with E-state index in [1.807, 2.05) is 0 Å². The Kier molecular flexibility index (Phi) is 6.57. The number of thioether (sulfide) groups is 1. The number of carbonyl (C=O) groups is 2. The molecule has 0 unspecified atom stereocenters. The van der Waals surface area contributed by atoms with Gasteiger partial charge < -0.3 is 4.74 Å². The minimum atomic E-state index is -2.93. The van der Waals surface area contributed by atoms with Crippen LogP contribution in [0.1, 0.15) is 10.4 Å². The Morgan fingerprint density at radius 2 is 1.71 bits per heavy atom. The van der Waals surface area contributed by atoms with Crippen molar-refractivity contribution in [2.45, 2.75) is 11.5 Å². The third kappa shape index (κ3) is 5.82. The van der Waals surface area contributed by atoms with Crippen molar-refractivity contribution in [2.24, 2.45) is 0 Å². The Morgan fingerprint density at radius 3 is 2.29 bits per heavy atom. The van der Waals surface area contributed by atoms with Crippen molar-refractivity contribution in [3.63, 3.8) is 0 Å².